The quantitative estimate of drug-likeness (QED) is 0.883. The molecule has 0 radical (unpaired) electrons. The number of thiophene rings is 1. The zero-order valence-corrected chi connectivity index (χ0v) is 12.5. The fraction of sp³-hybridized carbons (Fsp3) is 0.154. The van der Waals surface area contributed by atoms with Crippen molar-refractivity contribution in [3.8, 4) is 0 Å². The minimum absolute atomic E-state index is 0.0742. The number of carboxylic acid groups (broad SMARTS) is 1. The van der Waals surface area contributed by atoms with Gasteiger partial charge in [-0.15, -0.1) is 11.3 Å². The summed E-state index contributed by atoms with van der Waals surface area (Å²) in [5, 5.41) is 10.1. The summed E-state index contributed by atoms with van der Waals surface area (Å²) in [4.78, 5) is 10.8. The molecule has 2 aromatic rings. The van der Waals surface area contributed by atoms with Crippen molar-refractivity contribution in [1.29, 1.82) is 0 Å². The van der Waals surface area contributed by atoms with Crippen LogP contribution in [0.5, 0.6) is 0 Å². The second kappa shape index (κ2) is 5.92. The molecule has 0 aliphatic rings. The van der Waals surface area contributed by atoms with Gasteiger partial charge in [0.25, 0.3) is 10.0 Å². The summed E-state index contributed by atoms with van der Waals surface area (Å²) in [7, 11) is -3.82. The van der Waals surface area contributed by atoms with E-state index in [9.17, 15) is 17.6 Å². The molecule has 0 amide bonds. The fourth-order valence-electron chi connectivity index (χ4n) is 1.68. The van der Waals surface area contributed by atoms with Crippen LogP contribution in [0.4, 0.5) is 4.39 Å². The molecule has 0 bridgehead atoms. The van der Waals surface area contributed by atoms with Crippen molar-refractivity contribution in [2.75, 3.05) is 0 Å². The first-order chi connectivity index (χ1) is 9.79. The van der Waals surface area contributed by atoms with Crippen molar-refractivity contribution in [2.45, 2.75) is 17.2 Å². The van der Waals surface area contributed by atoms with Crippen molar-refractivity contribution in [3.05, 3.63) is 52.7 Å². The molecule has 0 spiro atoms. The lowest BCUT2D eigenvalue weighted by atomic mass is 10.1. The average molecular weight is 329 g/mol. The lowest BCUT2D eigenvalue weighted by Crippen LogP contribution is -2.26. The number of sulfonamides is 1. The van der Waals surface area contributed by atoms with Crippen molar-refractivity contribution in [2.24, 2.45) is 0 Å². The first-order valence-electron chi connectivity index (χ1n) is 5.89. The number of halogens is 1. The summed E-state index contributed by atoms with van der Waals surface area (Å²) < 4.78 is 39.5. The maximum atomic E-state index is 12.8. The highest BCUT2D eigenvalue weighted by atomic mass is 32.2. The minimum Gasteiger partial charge on any atom is -0.478 e. The highest BCUT2D eigenvalue weighted by molar-refractivity contribution is 7.91. The Hall–Kier alpha value is -1.77. The fourth-order valence-corrected chi connectivity index (χ4v) is 4.08. The van der Waals surface area contributed by atoms with Gasteiger partial charge in [-0.2, -0.15) is 0 Å². The van der Waals surface area contributed by atoms with Crippen molar-refractivity contribution in [3.63, 3.8) is 0 Å². The van der Waals surface area contributed by atoms with Gasteiger partial charge in [0.15, 0.2) is 0 Å². The van der Waals surface area contributed by atoms with E-state index in [4.69, 9.17) is 5.11 Å². The molecule has 2 N–H and O–H groups in total. The van der Waals surface area contributed by atoms with Gasteiger partial charge in [-0.3, -0.25) is 0 Å². The zero-order valence-electron chi connectivity index (χ0n) is 10.9. The standard InChI is InChI=1S/C13H12FNO4S2/c1-8(9-2-4-11(14)5-3-9)15-21(18,19)12-6-10(7-20-12)13(16)17/h2-8,15H,1H3,(H,16,17)/t8-/m0/s1. The number of hydrogen-bond donors (Lipinski definition) is 2. The molecule has 1 heterocycles. The van der Waals surface area contributed by atoms with E-state index in [-0.39, 0.29) is 9.77 Å². The number of hydrogen-bond acceptors (Lipinski definition) is 4. The van der Waals surface area contributed by atoms with E-state index in [1.165, 1.54) is 29.6 Å². The molecule has 0 aliphatic heterocycles. The van der Waals surface area contributed by atoms with Gasteiger partial charge >= 0.3 is 5.97 Å². The van der Waals surface area contributed by atoms with E-state index >= 15 is 0 Å². The molecule has 1 aromatic carbocycles. The highest BCUT2D eigenvalue weighted by Crippen LogP contribution is 2.23. The zero-order chi connectivity index (χ0) is 15.6. The Kier molecular flexibility index (Phi) is 4.40. The number of carboxylic acids is 1. The van der Waals surface area contributed by atoms with Gasteiger partial charge in [-0.1, -0.05) is 12.1 Å². The molecule has 0 unspecified atom stereocenters. The Labute approximate surface area is 125 Å². The summed E-state index contributed by atoms with van der Waals surface area (Å²) in [6.45, 7) is 1.62. The van der Waals surface area contributed by atoms with Crippen LogP contribution in [0.2, 0.25) is 0 Å². The Balaban J connectivity index is 2.20. The predicted octanol–water partition coefficient (Wildman–Crippen LogP) is 2.62. The lowest BCUT2D eigenvalue weighted by Gasteiger charge is -2.13. The summed E-state index contributed by atoms with van der Waals surface area (Å²) in [6.07, 6.45) is 0. The average Bonchev–Trinajstić information content (AvgIpc) is 2.89. The third kappa shape index (κ3) is 3.66. The summed E-state index contributed by atoms with van der Waals surface area (Å²) in [6, 6.07) is 6.00. The predicted molar refractivity (Wildman–Crippen MR) is 76.4 cm³/mol. The summed E-state index contributed by atoms with van der Waals surface area (Å²) in [5.74, 6) is -1.59. The number of rotatable bonds is 5. The number of nitrogens with one attached hydrogen (secondary N) is 1. The van der Waals surface area contributed by atoms with Crippen LogP contribution in [-0.4, -0.2) is 19.5 Å². The number of carbonyl (C=O) groups is 1. The van der Waals surface area contributed by atoms with Gasteiger partial charge in [0.1, 0.15) is 10.0 Å². The lowest BCUT2D eigenvalue weighted by molar-refractivity contribution is 0.0697. The Morgan fingerprint density at radius 2 is 1.95 bits per heavy atom. The molecule has 0 aliphatic carbocycles. The molecular weight excluding hydrogens is 317 g/mol. The normalized spacial score (nSPS) is 13.0. The Morgan fingerprint density at radius 3 is 2.48 bits per heavy atom. The minimum atomic E-state index is -3.82. The maximum Gasteiger partial charge on any atom is 0.336 e. The highest BCUT2D eigenvalue weighted by Gasteiger charge is 2.21. The first-order valence-corrected chi connectivity index (χ1v) is 8.25. The van der Waals surface area contributed by atoms with Crippen LogP contribution in [0.3, 0.4) is 0 Å². The molecule has 112 valence electrons. The van der Waals surface area contributed by atoms with Gasteiger partial charge in [0.05, 0.1) is 5.56 Å². The van der Waals surface area contributed by atoms with E-state index in [0.29, 0.717) is 5.56 Å². The van der Waals surface area contributed by atoms with Crippen molar-refractivity contribution < 1.29 is 22.7 Å². The van der Waals surface area contributed by atoms with Crippen LogP contribution in [0.15, 0.2) is 39.9 Å². The molecule has 0 fully saturated rings. The summed E-state index contributed by atoms with van der Waals surface area (Å²) >= 11 is 0.833. The third-order valence-corrected chi connectivity index (χ3v) is 5.77. The monoisotopic (exact) mass is 329 g/mol. The van der Waals surface area contributed by atoms with Crippen molar-refractivity contribution >= 4 is 27.3 Å². The first kappa shape index (κ1) is 15.6. The molecule has 1 aromatic heterocycles. The number of aromatic carboxylic acids is 1. The molecule has 0 saturated carbocycles. The molecule has 21 heavy (non-hydrogen) atoms. The van der Waals surface area contributed by atoms with Crippen LogP contribution in [0.25, 0.3) is 0 Å². The van der Waals surface area contributed by atoms with E-state index in [0.717, 1.165) is 17.4 Å². The Morgan fingerprint density at radius 1 is 1.33 bits per heavy atom. The molecule has 5 nitrogen and oxygen atoms in total. The van der Waals surface area contributed by atoms with Crippen LogP contribution < -0.4 is 4.72 Å². The van der Waals surface area contributed by atoms with Crippen LogP contribution in [0, 0.1) is 5.82 Å². The Bertz CT molecular complexity index is 753. The van der Waals surface area contributed by atoms with Gasteiger partial charge in [-0.05, 0) is 30.7 Å². The topological polar surface area (TPSA) is 83.5 Å². The van der Waals surface area contributed by atoms with Crippen LogP contribution in [-0.2, 0) is 10.0 Å². The SMILES string of the molecule is C[C@H](NS(=O)(=O)c1cc(C(=O)O)cs1)c1ccc(F)cc1. The van der Waals surface area contributed by atoms with Gasteiger partial charge < -0.3 is 5.11 Å². The van der Waals surface area contributed by atoms with Gasteiger partial charge in [0.2, 0.25) is 0 Å². The molecule has 2 rings (SSSR count). The van der Waals surface area contributed by atoms with E-state index in [1.807, 2.05) is 0 Å². The second-order valence-corrected chi connectivity index (χ2v) is 7.21. The maximum absolute atomic E-state index is 12.8. The number of benzene rings is 1. The van der Waals surface area contributed by atoms with Crippen LogP contribution in [0.1, 0.15) is 28.9 Å². The molecule has 1 atom stereocenters. The van der Waals surface area contributed by atoms with Gasteiger partial charge in [-0.25, -0.2) is 22.3 Å². The smallest absolute Gasteiger partial charge is 0.336 e. The largest absolute Gasteiger partial charge is 0.478 e. The third-order valence-electron chi connectivity index (χ3n) is 2.79. The molecule has 8 heteroatoms. The summed E-state index contributed by atoms with van der Waals surface area (Å²) in [5.41, 5.74) is 0.532. The van der Waals surface area contributed by atoms with E-state index in [1.54, 1.807) is 6.92 Å². The molecular formula is C13H12FNO4S2. The van der Waals surface area contributed by atoms with Crippen LogP contribution >= 0.6 is 11.3 Å². The van der Waals surface area contributed by atoms with Gasteiger partial charge in [0, 0.05) is 11.4 Å². The molecule has 0 saturated heterocycles. The van der Waals surface area contributed by atoms with Crippen molar-refractivity contribution in [1.82, 2.24) is 4.72 Å². The van der Waals surface area contributed by atoms with E-state index < -0.39 is 27.9 Å². The van der Waals surface area contributed by atoms with E-state index in [2.05, 4.69) is 4.72 Å². The second-order valence-electron chi connectivity index (χ2n) is 4.35.